The molecule has 4 aromatic rings. The van der Waals surface area contributed by atoms with Crippen LogP contribution in [0.4, 0.5) is 5.69 Å². The maximum Gasteiger partial charge on any atom is 0.261 e. The monoisotopic (exact) mass is 479 g/mol. The first-order chi connectivity index (χ1) is 17.6. The third-order valence-corrected chi connectivity index (χ3v) is 8.21. The Kier molecular flexibility index (Phi) is 5.69. The number of hydrogen-bond acceptors (Lipinski definition) is 6. The zero-order chi connectivity index (χ0) is 24.7. The largest absolute Gasteiger partial charge is 0.391 e. The van der Waals surface area contributed by atoms with Crippen LogP contribution in [0.5, 0.6) is 0 Å². The van der Waals surface area contributed by atoms with E-state index in [0.717, 1.165) is 41.3 Å². The van der Waals surface area contributed by atoms with Gasteiger partial charge in [0.2, 0.25) is 0 Å². The van der Waals surface area contributed by atoms with Crippen LogP contribution in [0.25, 0.3) is 21.7 Å². The van der Waals surface area contributed by atoms with Crippen molar-refractivity contribution in [1.29, 1.82) is 5.26 Å². The summed E-state index contributed by atoms with van der Waals surface area (Å²) in [4.78, 5) is 25.0. The van der Waals surface area contributed by atoms with Crippen molar-refractivity contribution < 1.29 is 5.11 Å². The van der Waals surface area contributed by atoms with E-state index in [9.17, 15) is 15.2 Å². The minimum atomic E-state index is -0.553. The fourth-order valence-electron chi connectivity index (χ4n) is 6.11. The molecule has 2 aliphatic rings. The van der Waals surface area contributed by atoms with E-state index in [-0.39, 0.29) is 11.6 Å². The van der Waals surface area contributed by atoms with Crippen molar-refractivity contribution in [2.45, 2.75) is 56.1 Å². The minimum absolute atomic E-state index is 0.100. The molecule has 2 aromatic carbocycles. The summed E-state index contributed by atoms with van der Waals surface area (Å²) in [5.41, 5.74) is 2.00. The second-order valence-electron chi connectivity index (χ2n) is 10.1. The molecule has 7 heteroatoms. The van der Waals surface area contributed by atoms with Gasteiger partial charge in [-0.05, 0) is 43.4 Å². The Morgan fingerprint density at radius 2 is 1.81 bits per heavy atom. The molecule has 0 bridgehead atoms. The zero-order valence-electron chi connectivity index (χ0n) is 20.2. The van der Waals surface area contributed by atoms with E-state index in [1.807, 2.05) is 36.4 Å². The molecule has 7 nitrogen and oxygen atoms in total. The highest BCUT2D eigenvalue weighted by molar-refractivity contribution is 6.11. The molecule has 36 heavy (non-hydrogen) atoms. The number of rotatable bonds is 3. The Labute approximate surface area is 209 Å². The van der Waals surface area contributed by atoms with E-state index < -0.39 is 11.5 Å². The van der Waals surface area contributed by atoms with Gasteiger partial charge in [0.05, 0.1) is 40.9 Å². The topological polar surface area (TPSA) is 95.0 Å². The lowest BCUT2D eigenvalue weighted by Gasteiger charge is -2.39. The highest BCUT2D eigenvalue weighted by Crippen LogP contribution is 2.39. The van der Waals surface area contributed by atoms with Gasteiger partial charge in [-0.2, -0.15) is 5.26 Å². The summed E-state index contributed by atoms with van der Waals surface area (Å²) in [7, 11) is 0. The number of benzene rings is 2. The summed E-state index contributed by atoms with van der Waals surface area (Å²) in [6.07, 6.45) is 9.49. The third kappa shape index (κ3) is 3.64. The highest BCUT2D eigenvalue weighted by Gasteiger charge is 2.37. The maximum atomic E-state index is 13.7. The summed E-state index contributed by atoms with van der Waals surface area (Å²) < 4.78 is 1.64. The SMILES string of the molecule is N#CC1(c2cccnc2)CCN(c2cc3c(=O)n([C@H]4CCCC[C@@H]4O)cnc3c3ccccc23)CC1. The Morgan fingerprint density at radius 3 is 2.53 bits per heavy atom. The van der Waals surface area contributed by atoms with Gasteiger partial charge in [-0.3, -0.25) is 14.3 Å². The molecular weight excluding hydrogens is 450 g/mol. The second-order valence-corrected chi connectivity index (χ2v) is 10.1. The molecule has 1 aliphatic carbocycles. The number of fused-ring (bicyclic) bond motifs is 3. The summed E-state index contributed by atoms with van der Waals surface area (Å²) in [5.74, 6) is 0. The number of hydrogen-bond donors (Lipinski definition) is 1. The average molecular weight is 480 g/mol. The van der Waals surface area contributed by atoms with E-state index in [1.165, 1.54) is 0 Å². The number of anilines is 1. The molecule has 2 fully saturated rings. The summed E-state index contributed by atoms with van der Waals surface area (Å²) in [6.45, 7) is 1.40. The van der Waals surface area contributed by atoms with Crippen LogP contribution in [0.3, 0.4) is 0 Å². The minimum Gasteiger partial charge on any atom is -0.391 e. The predicted molar refractivity (Wildman–Crippen MR) is 140 cm³/mol. The van der Waals surface area contributed by atoms with Gasteiger partial charge in [0.15, 0.2) is 0 Å². The van der Waals surface area contributed by atoms with E-state index >= 15 is 0 Å². The van der Waals surface area contributed by atoms with Crippen LogP contribution in [-0.4, -0.2) is 38.8 Å². The molecule has 2 atom stereocenters. The lowest BCUT2D eigenvalue weighted by atomic mass is 9.74. The highest BCUT2D eigenvalue weighted by atomic mass is 16.3. The predicted octanol–water partition coefficient (Wildman–Crippen LogP) is 4.48. The first kappa shape index (κ1) is 22.7. The van der Waals surface area contributed by atoms with Gasteiger partial charge >= 0.3 is 0 Å². The number of aliphatic hydroxyl groups excluding tert-OH is 1. The number of piperidine rings is 1. The zero-order valence-corrected chi connectivity index (χ0v) is 20.2. The van der Waals surface area contributed by atoms with Gasteiger partial charge < -0.3 is 10.0 Å². The molecule has 1 aliphatic heterocycles. The lowest BCUT2D eigenvalue weighted by Crippen LogP contribution is -2.42. The Bertz CT molecular complexity index is 1520. The molecule has 0 unspecified atom stereocenters. The fraction of sp³-hybridized carbons (Fsp3) is 0.379. The molecule has 0 spiro atoms. The smallest absolute Gasteiger partial charge is 0.261 e. The average Bonchev–Trinajstić information content (AvgIpc) is 2.94. The molecule has 0 radical (unpaired) electrons. The van der Waals surface area contributed by atoms with Crippen LogP contribution < -0.4 is 10.5 Å². The van der Waals surface area contributed by atoms with Crippen LogP contribution >= 0.6 is 0 Å². The van der Waals surface area contributed by atoms with Gasteiger partial charge in [-0.1, -0.05) is 43.2 Å². The van der Waals surface area contributed by atoms with Gasteiger partial charge in [-0.15, -0.1) is 0 Å². The Morgan fingerprint density at radius 1 is 1.03 bits per heavy atom. The van der Waals surface area contributed by atoms with Gasteiger partial charge in [0.1, 0.15) is 0 Å². The second kappa shape index (κ2) is 9.03. The van der Waals surface area contributed by atoms with E-state index in [4.69, 9.17) is 4.98 Å². The third-order valence-electron chi connectivity index (χ3n) is 8.21. The van der Waals surface area contributed by atoms with Crippen LogP contribution in [0, 0.1) is 11.3 Å². The molecule has 3 heterocycles. The first-order valence-electron chi connectivity index (χ1n) is 12.8. The first-order valence-corrected chi connectivity index (χ1v) is 12.8. The van der Waals surface area contributed by atoms with Crippen LogP contribution in [-0.2, 0) is 5.41 Å². The Balaban J connectivity index is 1.43. The van der Waals surface area contributed by atoms with E-state index in [2.05, 4.69) is 22.0 Å². The van der Waals surface area contributed by atoms with E-state index in [1.54, 1.807) is 23.3 Å². The molecular formula is C29H29N5O2. The summed E-state index contributed by atoms with van der Waals surface area (Å²) in [6, 6.07) is 16.3. The maximum absolute atomic E-state index is 13.7. The molecule has 1 saturated carbocycles. The number of nitriles is 1. The van der Waals surface area contributed by atoms with Gasteiger partial charge in [0, 0.05) is 41.9 Å². The molecule has 182 valence electrons. The van der Waals surface area contributed by atoms with Crippen molar-refractivity contribution in [1.82, 2.24) is 14.5 Å². The number of nitrogens with zero attached hydrogens (tertiary/aromatic N) is 5. The van der Waals surface area contributed by atoms with Crippen molar-refractivity contribution >= 4 is 27.4 Å². The van der Waals surface area contributed by atoms with Crippen molar-refractivity contribution in [3.05, 3.63) is 77.1 Å². The van der Waals surface area contributed by atoms with Crippen LogP contribution in [0.15, 0.2) is 66.0 Å². The number of pyridine rings is 1. The van der Waals surface area contributed by atoms with Gasteiger partial charge in [-0.25, -0.2) is 4.98 Å². The fourth-order valence-corrected chi connectivity index (χ4v) is 6.11. The summed E-state index contributed by atoms with van der Waals surface area (Å²) in [5, 5.41) is 23.3. The Hall–Kier alpha value is -3.76. The van der Waals surface area contributed by atoms with Crippen LogP contribution in [0.2, 0.25) is 0 Å². The number of aliphatic hydroxyl groups is 1. The number of aromatic nitrogens is 3. The van der Waals surface area contributed by atoms with Gasteiger partial charge in [0.25, 0.3) is 5.56 Å². The lowest BCUT2D eigenvalue weighted by molar-refractivity contribution is 0.0735. The summed E-state index contributed by atoms with van der Waals surface area (Å²) >= 11 is 0. The molecule has 0 amide bonds. The van der Waals surface area contributed by atoms with Crippen molar-refractivity contribution in [2.75, 3.05) is 18.0 Å². The van der Waals surface area contributed by atoms with E-state index in [0.29, 0.717) is 43.3 Å². The molecule has 1 saturated heterocycles. The van der Waals surface area contributed by atoms with Crippen molar-refractivity contribution in [2.24, 2.45) is 0 Å². The van der Waals surface area contributed by atoms with Crippen molar-refractivity contribution in [3.8, 4) is 6.07 Å². The normalized spacial score (nSPS) is 21.9. The molecule has 1 N–H and O–H groups in total. The van der Waals surface area contributed by atoms with Crippen molar-refractivity contribution in [3.63, 3.8) is 0 Å². The molecule has 2 aromatic heterocycles. The van der Waals surface area contributed by atoms with Crippen LogP contribution in [0.1, 0.15) is 50.1 Å². The standard InChI is InChI=1S/C29H29N5O2/c30-18-29(20-6-5-13-31-17-20)11-14-33(15-12-29)25-16-23-27(22-8-2-1-7-21(22)25)32-19-34(28(23)36)24-9-3-4-10-26(24)35/h1-2,5-8,13,16-17,19,24,26,35H,3-4,9-12,14-15H2/t24-,26-/m0/s1. The quantitative estimate of drug-likeness (QED) is 0.435. The molecule has 6 rings (SSSR count).